The zero-order valence-corrected chi connectivity index (χ0v) is 12.4. The summed E-state index contributed by atoms with van der Waals surface area (Å²) < 4.78 is 0.205. The molecule has 0 atom stereocenters. The Hall–Kier alpha value is -1.54. The Balaban J connectivity index is 2.23. The third kappa shape index (κ3) is 4.56. The number of hydrogen-bond donors (Lipinski definition) is 0. The zero-order chi connectivity index (χ0) is 13.7. The summed E-state index contributed by atoms with van der Waals surface area (Å²) in [5, 5.41) is 0. The molecule has 0 aliphatic heterocycles. The quantitative estimate of drug-likeness (QED) is 0.542. The lowest BCUT2D eigenvalue weighted by Crippen LogP contribution is -2.07. The number of benzene rings is 2. The summed E-state index contributed by atoms with van der Waals surface area (Å²) in [6, 6.07) is 18.4. The van der Waals surface area contributed by atoms with Crippen molar-refractivity contribution in [1.82, 2.24) is 0 Å². The Morgan fingerprint density at radius 3 is 2.21 bits per heavy atom. The smallest absolute Gasteiger partial charge is 0.0629 e. The van der Waals surface area contributed by atoms with Crippen molar-refractivity contribution >= 4 is 23.7 Å². The van der Waals surface area contributed by atoms with Gasteiger partial charge in [0.25, 0.3) is 0 Å². The third-order valence-corrected chi connectivity index (χ3v) is 3.65. The monoisotopic (exact) mass is 269 g/mol. The summed E-state index contributed by atoms with van der Waals surface area (Å²) in [7, 11) is 0. The van der Waals surface area contributed by atoms with Crippen LogP contribution in [-0.2, 0) is 0 Å². The molecule has 0 aliphatic rings. The first kappa shape index (κ1) is 13.9. The maximum absolute atomic E-state index is 4.53. The first-order valence-electron chi connectivity index (χ1n) is 6.42. The first-order valence-corrected chi connectivity index (χ1v) is 7.23. The topological polar surface area (TPSA) is 12.4 Å². The average molecular weight is 269 g/mol. The van der Waals surface area contributed by atoms with Crippen molar-refractivity contribution in [2.24, 2.45) is 4.99 Å². The largest absolute Gasteiger partial charge is 0.256 e. The van der Waals surface area contributed by atoms with Gasteiger partial charge in [-0.15, -0.1) is 11.8 Å². The van der Waals surface area contributed by atoms with Crippen LogP contribution in [0.2, 0.25) is 0 Å². The van der Waals surface area contributed by atoms with Crippen LogP contribution in [0.15, 0.2) is 64.5 Å². The number of thioether (sulfide) groups is 1. The molecular weight excluding hydrogens is 250 g/mol. The highest BCUT2D eigenvalue weighted by atomic mass is 32.2. The Morgan fingerprint density at radius 1 is 0.895 bits per heavy atom. The predicted octanol–water partition coefficient (Wildman–Crippen LogP) is 5.33. The molecule has 2 heteroatoms. The second kappa shape index (κ2) is 6.07. The van der Waals surface area contributed by atoms with Gasteiger partial charge < -0.3 is 0 Å². The number of aliphatic imine (C=N–C) groups is 1. The van der Waals surface area contributed by atoms with Crippen molar-refractivity contribution in [3.05, 3.63) is 60.2 Å². The van der Waals surface area contributed by atoms with Gasteiger partial charge in [-0.2, -0.15) is 0 Å². The minimum Gasteiger partial charge on any atom is -0.256 e. The van der Waals surface area contributed by atoms with Gasteiger partial charge >= 0.3 is 0 Å². The highest BCUT2D eigenvalue weighted by molar-refractivity contribution is 8.00. The van der Waals surface area contributed by atoms with Crippen LogP contribution in [0.4, 0.5) is 5.69 Å². The summed E-state index contributed by atoms with van der Waals surface area (Å²) in [4.78, 5) is 5.80. The second-order valence-corrected chi connectivity index (χ2v) is 7.21. The van der Waals surface area contributed by atoms with Crippen molar-refractivity contribution < 1.29 is 0 Å². The van der Waals surface area contributed by atoms with E-state index in [1.165, 1.54) is 10.5 Å². The van der Waals surface area contributed by atoms with Crippen LogP contribution in [0.1, 0.15) is 26.3 Å². The van der Waals surface area contributed by atoms with Gasteiger partial charge in [0.2, 0.25) is 0 Å². The van der Waals surface area contributed by atoms with Gasteiger partial charge in [0.1, 0.15) is 0 Å². The van der Waals surface area contributed by atoms with E-state index in [1.54, 1.807) is 0 Å². The molecule has 0 spiro atoms. The Bertz CT molecular complexity index is 553. The van der Waals surface area contributed by atoms with Gasteiger partial charge in [-0.3, -0.25) is 4.99 Å². The predicted molar refractivity (Wildman–Crippen MR) is 85.7 cm³/mol. The van der Waals surface area contributed by atoms with E-state index in [1.807, 2.05) is 48.3 Å². The van der Waals surface area contributed by atoms with Gasteiger partial charge in [0, 0.05) is 21.4 Å². The van der Waals surface area contributed by atoms with Gasteiger partial charge in [-0.05, 0) is 18.2 Å². The normalized spacial score (nSPS) is 11.9. The van der Waals surface area contributed by atoms with E-state index in [0.717, 1.165) is 5.69 Å². The molecule has 0 saturated carbocycles. The van der Waals surface area contributed by atoms with Crippen molar-refractivity contribution in [2.45, 2.75) is 30.4 Å². The summed E-state index contributed by atoms with van der Waals surface area (Å²) in [6.07, 6.45) is 1.95. The lowest BCUT2D eigenvalue weighted by Gasteiger charge is -2.18. The van der Waals surface area contributed by atoms with Crippen LogP contribution in [0.5, 0.6) is 0 Å². The lowest BCUT2D eigenvalue weighted by atomic mass is 10.2. The fraction of sp³-hybridized carbons (Fsp3) is 0.235. The lowest BCUT2D eigenvalue weighted by molar-refractivity contribution is 0.802. The van der Waals surface area contributed by atoms with E-state index in [-0.39, 0.29) is 4.75 Å². The van der Waals surface area contributed by atoms with E-state index in [2.05, 4.69) is 50.0 Å². The summed E-state index contributed by atoms with van der Waals surface area (Å²) >= 11 is 1.87. The SMILES string of the molecule is CC(C)(C)Sc1ccccc1C=Nc1ccccc1. The Kier molecular flexibility index (Phi) is 4.43. The maximum Gasteiger partial charge on any atom is 0.0629 e. The van der Waals surface area contributed by atoms with Crippen LogP contribution in [-0.4, -0.2) is 11.0 Å². The fourth-order valence-corrected chi connectivity index (χ4v) is 2.71. The molecule has 0 fully saturated rings. The van der Waals surface area contributed by atoms with Gasteiger partial charge in [0.05, 0.1) is 5.69 Å². The van der Waals surface area contributed by atoms with E-state index < -0.39 is 0 Å². The summed E-state index contributed by atoms with van der Waals surface area (Å²) in [5.41, 5.74) is 2.16. The number of hydrogen-bond acceptors (Lipinski definition) is 2. The molecule has 2 aromatic carbocycles. The van der Waals surface area contributed by atoms with Crippen LogP contribution >= 0.6 is 11.8 Å². The molecule has 0 aliphatic carbocycles. The van der Waals surface area contributed by atoms with Gasteiger partial charge in [-0.25, -0.2) is 0 Å². The van der Waals surface area contributed by atoms with Gasteiger partial charge in [-0.1, -0.05) is 57.2 Å². The molecule has 0 unspecified atom stereocenters. The maximum atomic E-state index is 4.53. The molecule has 0 saturated heterocycles. The van der Waals surface area contributed by atoms with E-state index in [4.69, 9.17) is 0 Å². The zero-order valence-electron chi connectivity index (χ0n) is 11.6. The molecular formula is C17H19NS. The standard InChI is InChI=1S/C17H19NS/c1-17(2,3)19-16-12-8-7-9-14(16)13-18-15-10-5-4-6-11-15/h4-13H,1-3H3. The molecule has 0 amide bonds. The number of para-hydroxylation sites is 1. The molecule has 0 N–H and O–H groups in total. The van der Waals surface area contributed by atoms with Crippen molar-refractivity contribution in [1.29, 1.82) is 0 Å². The third-order valence-electron chi connectivity index (χ3n) is 2.44. The molecule has 0 bridgehead atoms. The molecule has 0 heterocycles. The average Bonchev–Trinajstić information content (AvgIpc) is 2.37. The molecule has 0 aromatic heterocycles. The molecule has 19 heavy (non-hydrogen) atoms. The number of rotatable bonds is 3. The molecule has 98 valence electrons. The van der Waals surface area contributed by atoms with Crippen molar-refractivity contribution in [3.8, 4) is 0 Å². The van der Waals surface area contributed by atoms with E-state index in [9.17, 15) is 0 Å². The first-order chi connectivity index (χ1) is 9.04. The number of nitrogens with zero attached hydrogens (tertiary/aromatic N) is 1. The van der Waals surface area contributed by atoms with Crippen LogP contribution in [0.25, 0.3) is 0 Å². The minimum absolute atomic E-state index is 0.205. The highest BCUT2D eigenvalue weighted by Gasteiger charge is 2.13. The second-order valence-electron chi connectivity index (χ2n) is 5.35. The Morgan fingerprint density at radius 2 is 1.53 bits per heavy atom. The minimum atomic E-state index is 0.205. The van der Waals surface area contributed by atoms with Crippen molar-refractivity contribution in [3.63, 3.8) is 0 Å². The van der Waals surface area contributed by atoms with E-state index >= 15 is 0 Å². The molecule has 2 aromatic rings. The van der Waals surface area contributed by atoms with Crippen LogP contribution in [0.3, 0.4) is 0 Å². The molecule has 2 rings (SSSR count). The van der Waals surface area contributed by atoms with Crippen LogP contribution < -0.4 is 0 Å². The molecule has 0 radical (unpaired) electrons. The van der Waals surface area contributed by atoms with Crippen LogP contribution in [0, 0.1) is 0 Å². The van der Waals surface area contributed by atoms with E-state index in [0.29, 0.717) is 0 Å². The van der Waals surface area contributed by atoms with Crippen molar-refractivity contribution in [2.75, 3.05) is 0 Å². The fourth-order valence-electron chi connectivity index (χ4n) is 1.67. The highest BCUT2D eigenvalue weighted by Crippen LogP contribution is 2.33. The Labute approximate surface area is 119 Å². The summed E-state index contributed by atoms with van der Waals surface area (Å²) in [5.74, 6) is 0. The van der Waals surface area contributed by atoms with Gasteiger partial charge in [0.15, 0.2) is 0 Å². The summed E-state index contributed by atoms with van der Waals surface area (Å²) in [6.45, 7) is 6.67. The molecule has 1 nitrogen and oxygen atoms in total.